The summed E-state index contributed by atoms with van der Waals surface area (Å²) < 4.78 is 10.8. The number of fused-ring (bicyclic) bond motifs is 11. The number of halogens is 1. The third kappa shape index (κ3) is 11.9. The van der Waals surface area contributed by atoms with Gasteiger partial charge < -0.3 is 20.7 Å². The van der Waals surface area contributed by atoms with Gasteiger partial charge in [0.1, 0.15) is 18.2 Å². The molecular formula is C23H33BIN4O6P. The van der Waals surface area contributed by atoms with Crippen molar-refractivity contribution in [3.8, 4) is 5.75 Å². The highest BCUT2D eigenvalue weighted by molar-refractivity contribution is 14.2. The van der Waals surface area contributed by atoms with Crippen molar-refractivity contribution in [2.24, 2.45) is 5.92 Å². The monoisotopic (exact) mass is 630 g/mol. The number of hydrogen-bond donors (Lipinski definition) is 4. The van der Waals surface area contributed by atoms with Gasteiger partial charge in [-0.1, -0.05) is 31.3 Å². The third-order valence-electron chi connectivity index (χ3n) is 5.60. The minimum atomic E-state index is -0.916. The zero-order valence-electron chi connectivity index (χ0n) is 20.1. The molecule has 0 saturated heterocycles. The number of carbonyl (C=O) groups excluding carboxylic acids is 4. The summed E-state index contributed by atoms with van der Waals surface area (Å²) in [5, 5.41) is 8.10. The van der Waals surface area contributed by atoms with Crippen LogP contribution >= 0.6 is 28.5 Å². The van der Waals surface area contributed by atoms with Gasteiger partial charge in [0.25, 0.3) is 0 Å². The van der Waals surface area contributed by atoms with Crippen molar-refractivity contribution in [3.63, 3.8) is 0 Å². The van der Waals surface area contributed by atoms with Gasteiger partial charge in [-0.15, -0.1) is 0 Å². The van der Waals surface area contributed by atoms with Crippen LogP contribution in [0.4, 0.5) is 0 Å². The highest BCUT2D eigenvalue weighted by Gasteiger charge is 2.27. The van der Waals surface area contributed by atoms with Crippen LogP contribution in [0, 0.1) is 5.92 Å². The minimum Gasteiger partial charge on any atom is -0.494 e. The lowest BCUT2D eigenvalue weighted by Crippen LogP contribution is -2.50. The molecule has 0 fully saturated rings. The Bertz CT molecular complexity index is 864. The zero-order chi connectivity index (χ0) is 26.2. The van der Waals surface area contributed by atoms with Crippen LogP contribution in [-0.4, -0.2) is 57.2 Å². The molecule has 1 aromatic rings. The average molecular weight is 630 g/mol. The molecular weight excluding hydrogens is 597 g/mol. The minimum absolute atomic E-state index is 0.0407. The van der Waals surface area contributed by atoms with Crippen molar-refractivity contribution < 1.29 is 28.5 Å². The van der Waals surface area contributed by atoms with Crippen LogP contribution in [0.5, 0.6) is 5.75 Å². The first kappa shape index (κ1) is 30.3. The van der Waals surface area contributed by atoms with Gasteiger partial charge in [-0.2, -0.15) is 0 Å². The van der Waals surface area contributed by atoms with Crippen LogP contribution in [0.25, 0.3) is 0 Å². The van der Waals surface area contributed by atoms with E-state index in [0.29, 0.717) is 38.1 Å². The fourth-order valence-corrected chi connectivity index (χ4v) is 4.14. The summed E-state index contributed by atoms with van der Waals surface area (Å²) in [5.74, 6) is -1.58. The van der Waals surface area contributed by atoms with Crippen LogP contribution in [0.1, 0.15) is 44.1 Å². The molecule has 2 radical (unpaired) electrons. The second-order valence-electron chi connectivity index (χ2n) is 8.42. The molecule has 2 heterocycles. The van der Waals surface area contributed by atoms with Gasteiger partial charge in [0.2, 0.25) is 23.6 Å². The van der Waals surface area contributed by atoms with Crippen LogP contribution in [0.3, 0.4) is 0 Å². The molecule has 3 atom stereocenters. The average Bonchev–Trinajstić information content (AvgIpc) is 2.87. The smallest absolute Gasteiger partial charge is 0.247 e. The number of hydrogen-bond acceptors (Lipinski definition) is 6. The van der Waals surface area contributed by atoms with Gasteiger partial charge in [0.15, 0.2) is 0 Å². The lowest BCUT2D eigenvalue weighted by atomic mass is 9.97. The predicted molar refractivity (Wildman–Crippen MR) is 147 cm³/mol. The molecule has 2 aliphatic heterocycles. The maximum atomic E-state index is 12.9. The Kier molecular flexibility index (Phi) is 14.8. The number of carbonyl (C=O) groups is 4. The summed E-state index contributed by atoms with van der Waals surface area (Å²) in [4.78, 5) is 50.4. The van der Waals surface area contributed by atoms with Crippen molar-refractivity contribution >= 4 is 60.0 Å². The normalized spacial score (nSPS) is 18.6. The van der Waals surface area contributed by atoms with Gasteiger partial charge in [-0.3, -0.25) is 19.2 Å². The van der Waals surface area contributed by atoms with E-state index in [1.807, 2.05) is 34.2 Å². The molecule has 13 heteroatoms. The van der Waals surface area contributed by atoms with E-state index in [2.05, 4.69) is 21.4 Å². The van der Waals surface area contributed by atoms with E-state index in [-0.39, 0.29) is 31.7 Å². The molecule has 4 N–H and O–H groups in total. The fraction of sp³-hybridized carbons (Fsp3) is 0.565. The SMILES string of the molecule is [B]CCCCCNC(=O)CNC(=O)[C@@H]1Cc2ccc(cc2)OCCC[C@H](C(=O)NOPI)CC(=O)N1. The summed E-state index contributed by atoms with van der Waals surface area (Å²) in [5.41, 5.74) is 3.18. The van der Waals surface area contributed by atoms with Crippen molar-refractivity contribution in [3.05, 3.63) is 29.8 Å². The number of nitrogens with one attached hydrogen (secondary N) is 4. The lowest BCUT2D eigenvalue weighted by molar-refractivity contribution is -0.136. The van der Waals surface area contributed by atoms with E-state index >= 15 is 0 Å². The summed E-state index contributed by atoms with van der Waals surface area (Å²) in [7, 11) is 5.46. The highest BCUT2D eigenvalue weighted by Crippen LogP contribution is 2.21. The molecule has 1 aromatic carbocycles. The first-order valence-electron chi connectivity index (χ1n) is 12.0. The number of benzene rings is 1. The van der Waals surface area contributed by atoms with Gasteiger partial charge in [0, 0.05) is 25.3 Å². The predicted octanol–water partition coefficient (Wildman–Crippen LogP) is 1.87. The Balaban J connectivity index is 2.03. The summed E-state index contributed by atoms with van der Waals surface area (Å²) >= 11 is 1.98. The highest BCUT2D eigenvalue weighted by atomic mass is 127. The summed E-state index contributed by atoms with van der Waals surface area (Å²) in [6, 6.07) is 6.35. The number of ether oxygens (including phenoxy) is 1. The second-order valence-corrected chi connectivity index (χ2v) is 10.1. The Morgan fingerprint density at radius 3 is 2.61 bits per heavy atom. The molecule has 36 heavy (non-hydrogen) atoms. The summed E-state index contributed by atoms with van der Waals surface area (Å²) in [6.07, 6.45) is 4.33. The Hall–Kier alpha value is -1.92. The molecule has 196 valence electrons. The standard InChI is InChI=1S/C23H33BIN4O6P/c24-10-2-1-3-11-26-21(31)15-27-23(33)19-13-16-6-8-18(9-7-16)34-12-4-5-17(14-20(30)28-19)22(32)29-35-36-25/h6-9,17,19,36H,1-5,10-15H2,(H,26,31)(H,27,33)(H,28,30)(H,29,32)/t17-,19-/m0/s1. The van der Waals surface area contributed by atoms with Crippen LogP contribution in [-0.2, 0) is 30.2 Å². The largest absolute Gasteiger partial charge is 0.494 e. The fourth-order valence-electron chi connectivity index (χ4n) is 3.67. The van der Waals surface area contributed by atoms with E-state index in [1.54, 1.807) is 12.1 Å². The third-order valence-corrected chi connectivity index (χ3v) is 6.44. The first-order chi connectivity index (χ1) is 17.4. The van der Waals surface area contributed by atoms with Crippen LogP contribution < -0.4 is 26.2 Å². The van der Waals surface area contributed by atoms with Crippen molar-refractivity contribution in [1.29, 1.82) is 0 Å². The van der Waals surface area contributed by atoms with Gasteiger partial charge >= 0.3 is 0 Å². The Labute approximate surface area is 227 Å². The number of rotatable bonds is 11. The molecule has 0 saturated carbocycles. The zero-order valence-corrected chi connectivity index (χ0v) is 23.3. The second kappa shape index (κ2) is 17.5. The van der Waals surface area contributed by atoms with E-state index < -0.39 is 29.7 Å². The molecule has 10 nitrogen and oxygen atoms in total. The Morgan fingerprint density at radius 1 is 1.11 bits per heavy atom. The lowest BCUT2D eigenvalue weighted by Gasteiger charge is -2.22. The molecule has 3 rings (SSSR count). The van der Waals surface area contributed by atoms with E-state index in [1.165, 1.54) is 0 Å². The first-order valence-corrected chi connectivity index (χ1v) is 16.0. The topological polar surface area (TPSA) is 135 Å². The molecule has 0 aromatic heterocycles. The van der Waals surface area contributed by atoms with Gasteiger partial charge in [0.05, 0.1) is 21.0 Å². The number of hydroxylamine groups is 1. The molecule has 0 aliphatic carbocycles. The van der Waals surface area contributed by atoms with Gasteiger partial charge in [-0.25, -0.2) is 10.1 Å². The molecule has 2 bridgehead atoms. The van der Waals surface area contributed by atoms with E-state index in [4.69, 9.17) is 17.2 Å². The molecule has 4 amide bonds. The maximum absolute atomic E-state index is 12.9. The molecule has 1 unspecified atom stereocenters. The van der Waals surface area contributed by atoms with Crippen molar-refractivity contribution in [2.45, 2.75) is 57.3 Å². The molecule has 0 spiro atoms. The quantitative estimate of drug-likeness (QED) is 0.0971. The van der Waals surface area contributed by atoms with Crippen LogP contribution in [0.15, 0.2) is 24.3 Å². The maximum Gasteiger partial charge on any atom is 0.247 e. The van der Waals surface area contributed by atoms with Crippen molar-refractivity contribution in [2.75, 3.05) is 19.7 Å². The number of unbranched alkanes of at least 4 members (excludes halogenated alkanes) is 2. The Morgan fingerprint density at radius 2 is 1.89 bits per heavy atom. The van der Waals surface area contributed by atoms with E-state index in [0.717, 1.165) is 24.8 Å². The number of amides is 4. The van der Waals surface area contributed by atoms with Crippen molar-refractivity contribution in [1.82, 2.24) is 21.4 Å². The van der Waals surface area contributed by atoms with E-state index in [9.17, 15) is 19.2 Å². The van der Waals surface area contributed by atoms with Crippen LogP contribution in [0.2, 0.25) is 6.32 Å². The van der Waals surface area contributed by atoms with Gasteiger partial charge in [-0.05, 0) is 59.0 Å². The summed E-state index contributed by atoms with van der Waals surface area (Å²) in [6.45, 7) is 0.752. The molecule has 2 aliphatic rings.